The second kappa shape index (κ2) is 8.11. The van der Waals surface area contributed by atoms with Gasteiger partial charge in [0.15, 0.2) is 0 Å². The number of carbonyl (C=O) groups excluding carboxylic acids is 2. The van der Waals surface area contributed by atoms with Crippen molar-refractivity contribution in [3.8, 4) is 0 Å². The molecule has 0 saturated carbocycles. The van der Waals surface area contributed by atoms with Gasteiger partial charge in [-0.15, -0.1) is 0 Å². The summed E-state index contributed by atoms with van der Waals surface area (Å²) in [6.45, 7) is 1.97. The Kier molecular flexibility index (Phi) is 5.43. The fourth-order valence-electron chi connectivity index (χ4n) is 2.61. The van der Waals surface area contributed by atoms with E-state index < -0.39 is 0 Å². The van der Waals surface area contributed by atoms with Gasteiger partial charge in [-0.1, -0.05) is 18.2 Å². The van der Waals surface area contributed by atoms with Gasteiger partial charge in [0, 0.05) is 42.8 Å². The van der Waals surface area contributed by atoms with E-state index in [9.17, 15) is 9.59 Å². The van der Waals surface area contributed by atoms with Crippen LogP contribution in [0.2, 0.25) is 0 Å². The number of rotatable bonds is 6. The molecule has 0 aliphatic rings. The van der Waals surface area contributed by atoms with Crippen molar-refractivity contribution >= 4 is 39.8 Å². The smallest absolute Gasteiger partial charge is 0.226 e. The SMILES string of the molecule is CC(=O)Nc1ccc(NCCC(=O)Nc2cccc3cccnc23)cc1. The van der Waals surface area contributed by atoms with Crippen molar-refractivity contribution in [1.82, 2.24) is 4.98 Å². The third-order valence-electron chi connectivity index (χ3n) is 3.79. The Morgan fingerprint density at radius 1 is 0.923 bits per heavy atom. The number of anilines is 3. The van der Waals surface area contributed by atoms with Crippen LogP contribution in [0, 0.1) is 0 Å². The first-order chi connectivity index (χ1) is 12.6. The maximum absolute atomic E-state index is 12.2. The minimum atomic E-state index is -0.106. The van der Waals surface area contributed by atoms with Gasteiger partial charge in [0.25, 0.3) is 0 Å². The number of nitrogens with zero attached hydrogens (tertiary/aromatic N) is 1. The van der Waals surface area contributed by atoms with Gasteiger partial charge in [-0.3, -0.25) is 14.6 Å². The van der Waals surface area contributed by atoms with Crippen LogP contribution < -0.4 is 16.0 Å². The van der Waals surface area contributed by atoms with E-state index in [1.165, 1.54) is 6.92 Å². The summed E-state index contributed by atoms with van der Waals surface area (Å²) in [6.07, 6.45) is 2.04. The first-order valence-corrected chi connectivity index (χ1v) is 8.37. The molecule has 0 radical (unpaired) electrons. The lowest BCUT2D eigenvalue weighted by Crippen LogP contribution is -2.16. The summed E-state index contributed by atoms with van der Waals surface area (Å²) >= 11 is 0. The highest BCUT2D eigenvalue weighted by atomic mass is 16.2. The molecule has 0 spiro atoms. The summed E-state index contributed by atoms with van der Waals surface area (Å²) in [7, 11) is 0. The van der Waals surface area contributed by atoms with Crippen LogP contribution in [0.15, 0.2) is 60.8 Å². The average Bonchev–Trinajstić information content (AvgIpc) is 2.63. The molecule has 2 amide bonds. The molecule has 0 aliphatic carbocycles. The van der Waals surface area contributed by atoms with Crippen molar-refractivity contribution in [2.75, 3.05) is 22.5 Å². The Bertz CT molecular complexity index is 917. The Hall–Kier alpha value is -3.41. The van der Waals surface area contributed by atoms with E-state index >= 15 is 0 Å². The normalized spacial score (nSPS) is 10.3. The predicted octanol–water partition coefficient (Wildman–Crippen LogP) is 3.63. The van der Waals surface area contributed by atoms with E-state index in [0.29, 0.717) is 18.7 Å². The molecule has 0 unspecified atom stereocenters. The van der Waals surface area contributed by atoms with Crippen LogP contribution >= 0.6 is 0 Å². The number of aromatic nitrogens is 1. The lowest BCUT2D eigenvalue weighted by atomic mass is 10.2. The topological polar surface area (TPSA) is 83.1 Å². The van der Waals surface area contributed by atoms with Crippen molar-refractivity contribution in [1.29, 1.82) is 0 Å². The molecule has 1 aromatic heterocycles. The maximum atomic E-state index is 12.2. The van der Waals surface area contributed by atoms with Crippen LogP contribution in [-0.2, 0) is 9.59 Å². The number of hydrogen-bond acceptors (Lipinski definition) is 4. The van der Waals surface area contributed by atoms with Crippen molar-refractivity contribution in [2.45, 2.75) is 13.3 Å². The van der Waals surface area contributed by atoms with E-state index in [1.807, 2.05) is 54.6 Å². The van der Waals surface area contributed by atoms with Crippen molar-refractivity contribution < 1.29 is 9.59 Å². The minimum absolute atomic E-state index is 0.0782. The largest absolute Gasteiger partial charge is 0.385 e. The van der Waals surface area contributed by atoms with Gasteiger partial charge in [-0.2, -0.15) is 0 Å². The molecule has 1 heterocycles. The minimum Gasteiger partial charge on any atom is -0.385 e. The molecular formula is C20H20N4O2. The molecule has 0 saturated heterocycles. The predicted molar refractivity (Wildman–Crippen MR) is 104 cm³/mol. The number of fused-ring (bicyclic) bond motifs is 1. The summed E-state index contributed by atoms with van der Waals surface area (Å²) in [5.41, 5.74) is 3.13. The average molecular weight is 348 g/mol. The van der Waals surface area contributed by atoms with Crippen LogP contribution in [0.1, 0.15) is 13.3 Å². The third-order valence-corrected chi connectivity index (χ3v) is 3.79. The number of benzene rings is 2. The molecule has 26 heavy (non-hydrogen) atoms. The van der Waals surface area contributed by atoms with Crippen LogP contribution in [-0.4, -0.2) is 23.3 Å². The van der Waals surface area contributed by atoms with E-state index in [-0.39, 0.29) is 11.8 Å². The Morgan fingerprint density at radius 2 is 1.65 bits per heavy atom. The van der Waals surface area contributed by atoms with Gasteiger partial charge in [0.2, 0.25) is 11.8 Å². The molecule has 3 rings (SSSR count). The summed E-state index contributed by atoms with van der Waals surface area (Å²) < 4.78 is 0. The molecule has 6 heteroatoms. The fraction of sp³-hybridized carbons (Fsp3) is 0.150. The van der Waals surface area contributed by atoms with Crippen LogP contribution in [0.3, 0.4) is 0 Å². The van der Waals surface area contributed by atoms with Gasteiger partial charge in [0.1, 0.15) is 0 Å². The third kappa shape index (κ3) is 4.57. The summed E-state index contributed by atoms with van der Waals surface area (Å²) in [5, 5.41) is 9.80. The lowest BCUT2D eigenvalue weighted by molar-refractivity contribution is -0.116. The Labute approximate surface area is 151 Å². The molecule has 0 fully saturated rings. The number of nitrogens with one attached hydrogen (secondary N) is 3. The van der Waals surface area contributed by atoms with Gasteiger partial charge >= 0.3 is 0 Å². The summed E-state index contributed by atoms with van der Waals surface area (Å²) in [6, 6.07) is 16.9. The van der Waals surface area contributed by atoms with E-state index in [2.05, 4.69) is 20.9 Å². The number of carbonyl (C=O) groups is 2. The lowest BCUT2D eigenvalue weighted by Gasteiger charge is -2.10. The van der Waals surface area contributed by atoms with Crippen LogP contribution in [0.5, 0.6) is 0 Å². The highest BCUT2D eigenvalue weighted by Gasteiger charge is 2.06. The zero-order valence-electron chi connectivity index (χ0n) is 14.5. The van der Waals surface area contributed by atoms with Crippen LogP contribution in [0.4, 0.5) is 17.1 Å². The fourth-order valence-corrected chi connectivity index (χ4v) is 2.61. The van der Waals surface area contributed by atoms with E-state index in [0.717, 1.165) is 22.3 Å². The zero-order chi connectivity index (χ0) is 18.4. The van der Waals surface area contributed by atoms with Gasteiger partial charge in [0.05, 0.1) is 11.2 Å². The summed E-state index contributed by atoms with van der Waals surface area (Å²) in [5.74, 6) is -0.184. The number of para-hydroxylation sites is 1. The molecule has 0 bridgehead atoms. The van der Waals surface area contributed by atoms with Crippen molar-refractivity contribution in [2.24, 2.45) is 0 Å². The first-order valence-electron chi connectivity index (χ1n) is 8.37. The van der Waals surface area contributed by atoms with Gasteiger partial charge < -0.3 is 16.0 Å². The molecule has 3 aromatic rings. The Morgan fingerprint density at radius 3 is 2.42 bits per heavy atom. The summed E-state index contributed by atoms with van der Waals surface area (Å²) in [4.78, 5) is 27.5. The maximum Gasteiger partial charge on any atom is 0.226 e. The second-order valence-corrected chi connectivity index (χ2v) is 5.86. The van der Waals surface area contributed by atoms with E-state index in [1.54, 1.807) is 6.20 Å². The molecule has 132 valence electrons. The number of amides is 2. The van der Waals surface area contributed by atoms with Gasteiger partial charge in [-0.25, -0.2) is 0 Å². The van der Waals surface area contributed by atoms with Crippen LogP contribution in [0.25, 0.3) is 10.9 Å². The molecule has 3 N–H and O–H groups in total. The standard InChI is InChI=1S/C20H20N4O2/c1-14(25)23-17-9-7-16(8-10-17)21-13-11-19(26)24-18-6-2-4-15-5-3-12-22-20(15)18/h2-10,12,21H,11,13H2,1H3,(H,23,25)(H,24,26). The number of hydrogen-bond donors (Lipinski definition) is 3. The van der Waals surface area contributed by atoms with Crippen molar-refractivity contribution in [3.05, 3.63) is 60.8 Å². The molecule has 2 aromatic carbocycles. The van der Waals surface area contributed by atoms with E-state index in [4.69, 9.17) is 0 Å². The second-order valence-electron chi connectivity index (χ2n) is 5.86. The molecule has 6 nitrogen and oxygen atoms in total. The Balaban J connectivity index is 1.52. The molecule has 0 aliphatic heterocycles. The first kappa shape index (κ1) is 17.4. The zero-order valence-corrected chi connectivity index (χ0v) is 14.5. The van der Waals surface area contributed by atoms with Crippen molar-refractivity contribution in [3.63, 3.8) is 0 Å². The highest BCUT2D eigenvalue weighted by Crippen LogP contribution is 2.20. The molecule has 0 atom stereocenters. The quantitative estimate of drug-likeness (QED) is 0.635. The van der Waals surface area contributed by atoms with Gasteiger partial charge in [-0.05, 0) is 36.4 Å². The highest BCUT2D eigenvalue weighted by molar-refractivity contribution is 6.00. The number of pyridine rings is 1. The molecular weight excluding hydrogens is 328 g/mol. The monoisotopic (exact) mass is 348 g/mol.